The van der Waals surface area contributed by atoms with Crippen molar-refractivity contribution >= 4 is 11.6 Å². The van der Waals surface area contributed by atoms with E-state index < -0.39 is 5.82 Å². The van der Waals surface area contributed by atoms with Crippen LogP contribution in [0.2, 0.25) is 0 Å². The van der Waals surface area contributed by atoms with E-state index in [1.165, 1.54) is 23.1 Å². The standard InChI is InChI=1S/C12H12FN3O/c13-10-3-1-2-9(6-15)12(10)16-7-8(5-14)4-11(16)17/h1-3,8H,4-5,7,14H2. The Morgan fingerprint density at radius 2 is 2.35 bits per heavy atom. The number of benzene rings is 1. The molecule has 1 aliphatic heterocycles. The van der Waals surface area contributed by atoms with Gasteiger partial charge in [0.2, 0.25) is 5.91 Å². The Balaban J connectivity index is 2.42. The number of hydrogen-bond donors (Lipinski definition) is 1. The molecule has 1 aromatic rings. The number of nitrogens with two attached hydrogens (primary N) is 1. The van der Waals surface area contributed by atoms with E-state index in [4.69, 9.17) is 11.0 Å². The van der Waals surface area contributed by atoms with E-state index in [1.807, 2.05) is 6.07 Å². The van der Waals surface area contributed by atoms with Crippen LogP contribution < -0.4 is 10.6 Å². The molecule has 1 fully saturated rings. The van der Waals surface area contributed by atoms with Crippen molar-refractivity contribution in [2.75, 3.05) is 18.0 Å². The fourth-order valence-electron chi connectivity index (χ4n) is 2.04. The first kappa shape index (κ1) is 11.6. The van der Waals surface area contributed by atoms with Crippen LogP contribution in [0, 0.1) is 23.1 Å². The van der Waals surface area contributed by atoms with Crippen LogP contribution in [0.1, 0.15) is 12.0 Å². The van der Waals surface area contributed by atoms with Gasteiger partial charge >= 0.3 is 0 Å². The Bertz CT molecular complexity index is 495. The van der Waals surface area contributed by atoms with Crippen LogP contribution in [0.15, 0.2) is 18.2 Å². The maximum absolute atomic E-state index is 13.7. The molecule has 17 heavy (non-hydrogen) atoms. The van der Waals surface area contributed by atoms with E-state index in [1.54, 1.807) is 0 Å². The van der Waals surface area contributed by atoms with Crippen molar-refractivity contribution in [3.63, 3.8) is 0 Å². The van der Waals surface area contributed by atoms with Crippen LogP contribution >= 0.6 is 0 Å². The van der Waals surface area contributed by atoms with Gasteiger partial charge in [-0.1, -0.05) is 6.07 Å². The summed E-state index contributed by atoms with van der Waals surface area (Å²) in [6, 6.07) is 6.11. The number of para-hydroxylation sites is 1. The van der Waals surface area contributed by atoms with Gasteiger partial charge in [-0.2, -0.15) is 5.26 Å². The van der Waals surface area contributed by atoms with E-state index in [0.717, 1.165) is 0 Å². The highest BCUT2D eigenvalue weighted by atomic mass is 19.1. The smallest absolute Gasteiger partial charge is 0.227 e. The van der Waals surface area contributed by atoms with Gasteiger partial charge in [-0.25, -0.2) is 4.39 Å². The summed E-state index contributed by atoms with van der Waals surface area (Å²) < 4.78 is 13.7. The molecule has 1 unspecified atom stereocenters. The third-order valence-electron chi connectivity index (χ3n) is 2.92. The summed E-state index contributed by atoms with van der Waals surface area (Å²) in [7, 11) is 0. The molecule has 1 atom stereocenters. The van der Waals surface area contributed by atoms with E-state index >= 15 is 0 Å². The molecule has 1 aliphatic rings. The van der Waals surface area contributed by atoms with E-state index in [2.05, 4.69) is 0 Å². The zero-order valence-corrected chi connectivity index (χ0v) is 9.19. The number of nitriles is 1. The van der Waals surface area contributed by atoms with E-state index in [-0.39, 0.29) is 23.1 Å². The lowest BCUT2D eigenvalue weighted by Gasteiger charge is -2.18. The quantitative estimate of drug-likeness (QED) is 0.828. The van der Waals surface area contributed by atoms with Gasteiger partial charge in [0.1, 0.15) is 11.9 Å². The molecule has 0 spiro atoms. The molecule has 0 radical (unpaired) electrons. The predicted molar refractivity (Wildman–Crippen MR) is 60.6 cm³/mol. The molecule has 0 aliphatic carbocycles. The van der Waals surface area contributed by atoms with Crippen molar-refractivity contribution in [3.8, 4) is 6.07 Å². The normalized spacial score (nSPS) is 19.5. The summed E-state index contributed by atoms with van der Waals surface area (Å²) in [4.78, 5) is 13.1. The lowest BCUT2D eigenvalue weighted by Crippen LogP contribution is -2.27. The average molecular weight is 233 g/mol. The van der Waals surface area contributed by atoms with Crippen molar-refractivity contribution in [3.05, 3.63) is 29.6 Å². The lowest BCUT2D eigenvalue weighted by atomic mass is 10.1. The Morgan fingerprint density at radius 3 is 2.94 bits per heavy atom. The number of nitrogens with zero attached hydrogens (tertiary/aromatic N) is 2. The number of carbonyl (C=O) groups excluding carboxylic acids is 1. The Labute approximate surface area is 98.4 Å². The van der Waals surface area contributed by atoms with Crippen LogP contribution in [0.5, 0.6) is 0 Å². The van der Waals surface area contributed by atoms with Gasteiger partial charge < -0.3 is 10.6 Å². The van der Waals surface area contributed by atoms with Gasteiger partial charge in [0, 0.05) is 13.0 Å². The fourth-order valence-corrected chi connectivity index (χ4v) is 2.04. The molecule has 88 valence electrons. The summed E-state index contributed by atoms with van der Waals surface area (Å²) in [6.07, 6.45) is 0.315. The van der Waals surface area contributed by atoms with Crippen LogP contribution in [0.4, 0.5) is 10.1 Å². The molecule has 0 saturated carbocycles. The average Bonchev–Trinajstić information content (AvgIpc) is 2.70. The van der Waals surface area contributed by atoms with E-state index in [0.29, 0.717) is 19.5 Å². The molecule has 4 nitrogen and oxygen atoms in total. The number of rotatable bonds is 2. The molecule has 1 amide bonds. The van der Waals surface area contributed by atoms with Crippen molar-refractivity contribution in [1.82, 2.24) is 0 Å². The number of amides is 1. The summed E-state index contributed by atoms with van der Waals surface area (Å²) in [5.74, 6) is -0.689. The Hall–Kier alpha value is -1.93. The molecule has 2 N–H and O–H groups in total. The number of carbonyl (C=O) groups is 1. The predicted octanol–water partition coefficient (Wildman–Crippen LogP) is 1.01. The number of anilines is 1. The van der Waals surface area contributed by atoms with Crippen LogP contribution in [-0.2, 0) is 4.79 Å². The second-order valence-electron chi connectivity index (χ2n) is 4.06. The molecular weight excluding hydrogens is 221 g/mol. The summed E-state index contributed by atoms with van der Waals surface area (Å²) in [5, 5.41) is 8.93. The van der Waals surface area contributed by atoms with Gasteiger partial charge in [-0.15, -0.1) is 0 Å². The second-order valence-corrected chi connectivity index (χ2v) is 4.06. The minimum Gasteiger partial charge on any atom is -0.330 e. The SMILES string of the molecule is N#Cc1cccc(F)c1N1CC(CN)CC1=O. The van der Waals surface area contributed by atoms with Gasteiger partial charge in [0.25, 0.3) is 0 Å². The minimum absolute atomic E-state index is 0.0358. The third-order valence-corrected chi connectivity index (χ3v) is 2.92. The maximum Gasteiger partial charge on any atom is 0.227 e. The molecule has 5 heteroatoms. The van der Waals surface area contributed by atoms with Crippen LogP contribution in [0.3, 0.4) is 0 Å². The Kier molecular flexibility index (Phi) is 3.07. The number of hydrogen-bond acceptors (Lipinski definition) is 3. The first-order valence-electron chi connectivity index (χ1n) is 5.36. The van der Waals surface area contributed by atoms with Gasteiger partial charge in [0.05, 0.1) is 11.3 Å². The Morgan fingerprint density at radius 1 is 1.59 bits per heavy atom. The minimum atomic E-state index is -0.546. The highest BCUT2D eigenvalue weighted by molar-refractivity contribution is 5.97. The molecule has 1 saturated heterocycles. The van der Waals surface area contributed by atoms with Crippen LogP contribution in [-0.4, -0.2) is 19.0 Å². The molecule has 0 bridgehead atoms. The van der Waals surface area contributed by atoms with Crippen molar-refractivity contribution in [2.24, 2.45) is 11.7 Å². The van der Waals surface area contributed by atoms with Crippen LogP contribution in [0.25, 0.3) is 0 Å². The summed E-state index contributed by atoms with van der Waals surface area (Å²) in [6.45, 7) is 0.767. The molecule has 2 rings (SSSR count). The molecular formula is C12H12FN3O. The first-order valence-corrected chi connectivity index (χ1v) is 5.36. The second kappa shape index (κ2) is 4.52. The highest BCUT2D eigenvalue weighted by Crippen LogP contribution is 2.29. The highest BCUT2D eigenvalue weighted by Gasteiger charge is 2.32. The lowest BCUT2D eigenvalue weighted by molar-refractivity contribution is -0.117. The third kappa shape index (κ3) is 1.99. The maximum atomic E-state index is 13.7. The summed E-state index contributed by atoms with van der Waals surface area (Å²) >= 11 is 0. The number of halogens is 1. The van der Waals surface area contributed by atoms with Crippen molar-refractivity contribution < 1.29 is 9.18 Å². The zero-order chi connectivity index (χ0) is 12.4. The first-order chi connectivity index (χ1) is 8.17. The molecule has 1 heterocycles. The van der Waals surface area contributed by atoms with Gasteiger partial charge in [-0.05, 0) is 24.6 Å². The zero-order valence-electron chi connectivity index (χ0n) is 9.19. The molecule has 0 aromatic heterocycles. The fraction of sp³-hybridized carbons (Fsp3) is 0.333. The topological polar surface area (TPSA) is 70.1 Å². The molecule has 1 aromatic carbocycles. The monoisotopic (exact) mass is 233 g/mol. The van der Waals surface area contributed by atoms with Crippen molar-refractivity contribution in [1.29, 1.82) is 5.26 Å². The van der Waals surface area contributed by atoms with Crippen molar-refractivity contribution in [2.45, 2.75) is 6.42 Å². The largest absolute Gasteiger partial charge is 0.330 e. The summed E-state index contributed by atoms with van der Waals surface area (Å²) in [5.41, 5.74) is 5.76. The van der Waals surface area contributed by atoms with Gasteiger partial charge in [-0.3, -0.25) is 4.79 Å². The van der Waals surface area contributed by atoms with E-state index in [9.17, 15) is 9.18 Å². The van der Waals surface area contributed by atoms with Gasteiger partial charge in [0.15, 0.2) is 0 Å².